The highest BCUT2D eigenvalue weighted by Crippen LogP contribution is 2.25. The van der Waals surface area contributed by atoms with E-state index in [1.54, 1.807) is 7.11 Å². The Hall–Kier alpha value is -2.49. The number of carbonyl (C=O) groups excluding carboxylic acids is 1. The van der Waals surface area contributed by atoms with Crippen molar-refractivity contribution < 1.29 is 14.3 Å². The molecule has 0 aromatic heterocycles. The van der Waals surface area contributed by atoms with E-state index in [4.69, 9.17) is 9.47 Å². The molecular weight excluding hydrogens is 338 g/mol. The predicted molar refractivity (Wildman–Crippen MR) is 110 cm³/mol. The molecule has 0 aliphatic rings. The summed E-state index contributed by atoms with van der Waals surface area (Å²) in [4.78, 5) is 12.3. The second-order valence-corrected chi connectivity index (χ2v) is 7.82. The van der Waals surface area contributed by atoms with Gasteiger partial charge in [0.2, 0.25) is 0 Å². The smallest absolute Gasteiger partial charge is 0.258 e. The number of rotatable bonds is 7. The Kier molecular flexibility index (Phi) is 6.89. The van der Waals surface area contributed by atoms with Crippen molar-refractivity contribution in [3.63, 3.8) is 0 Å². The van der Waals surface area contributed by atoms with Gasteiger partial charge in [-0.3, -0.25) is 4.79 Å². The summed E-state index contributed by atoms with van der Waals surface area (Å²) < 4.78 is 10.9. The molecule has 1 amide bonds. The molecule has 0 radical (unpaired) electrons. The van der Waals surface area contributed by atoms with Crippen molar-refractivity contribution in [2.45, 2.75) is 52.5 Å². The van der Waals surface area contributed by atoms with E-state index >= 15 is 0 Å². The molecule has 4 heteroatoms. The number of methoxy groups -OCH3 is 1. The number of hydrogen-bond acceptors (Lipinski definition) is 3. The molecule has 0 unspecified atom stereocenters. The first-order valence-electron chi connectivity index (χ1n) is 9.41. The Morgan fingerprint density at radius 3 is 2.30 bits per heavy atom. The zero-order valence-corrected chi connectivity index (χ0v) is 17.3. The van der Waals surface area contributed by atoms with E-state index in [1.165, 1.54) is 5.56 Å². The average molecular weight is 370 g/mol. The first-order valence-corrected chi connectivity index (χ1v) is 9.41. The van der Waals surface area contributed by atoms with Gasteiger partial charge in [0.25, 0.3) is 5.91 Å². The molecule has 146 valence electrons. The Labute approximate surface area is 162 Å². The van der Waals surface area contributed by atoms with Crippen molar-refractivity contribution in [2.24, 2.45) is 0 Å². The highest BCUT2D eigenvalue weighted by atomic mass is 16.5. The Morgan fingerprint density at radius 1 is 1.11 bits per heavy atom. The number of aryl methyl sites for hydroxylation is 1. The Morgan fingerprint density at radius 2 is 1.78 bits per heavy atom. The summed E-state index contributed by atoms with van der Waals surface area (Å²) in [6, 6.07) is 13.9. The molecule has 2 rings (SSSR count). The van der Waals surface area contributed by atoms with Crippen molar-refractivity contribution in [1.82, 2.24) is 5.32 Å². The molecule has 1 N–H and O–H groups in total. The highest BCUT2D eigenvalue weighted by molar-refractivity contribution is 5.78. The minimum atomic E-state index is -0.129. The van der Waals surface area contributed by atoms with Gasteiger partial charge in [0, 0.05) is 0 Å². The second kappa shape index (κ2) is 8.94. The summed E-state index contributed by atoms with van der Waals surface area (Å²) in [5.41, 5.74) is 3.46. The first kappa shape index (κ1) is 20.8. The Bertz CT molecular complexity index is 760. The summed E-state index contributed by atoms with van der Waals surface area (Å²) in [6.45, 7) is 10.6. The van der Waals surface area contributed by atoms with Gasteiger partial charge in [0.1, 0.15) is 11.5 Å². The summed E-state index contributed by atoms with van der Waals surface area (Å²) in [6.07, 6.45) is 0.803. The van der Waals surface area contributed by atoms with Gasteiger partial charge in [0.05, 0.1) is 13.2 Å². The molecule has 0 fully saturated rings. The van der Waals surface area contributed by atoms with Crippen LogP contribution in [0.4, 0.5) is 0 Å². The normalized spacial score (nSPS) is 12.4. The lowest BCUT2D eigenvalue weighted by molar-refractivity contribution is -0.123. The number of ether oxygens (including phenoxy) is 2. The van der Waals surface area contributed by atoms with Crippen LogP contribution in [-0.4, -0.2) is 19.6 Å². The van der Waals surface area contributed by atoms with Crippen LogP contribution in [0.1, 0.15) is 56.8 Å². The molecule has 1 atom stereocenters. The van der Waals surface area contributed by atoms with Gasteiger partial charge < -0.3 is 14.8 Å². The molecule has 0 bridgehead atoms. The van der Waals surface area contributed by atoms with Crippen LogP contribution in [0.5, 0.6) is 11.5 Å². The van der Waals surface area contributed by atoms with E-state index in [2.05, 4.69) is 39.1 Å². The minimum Gasteiger partial charge on any atom is -0.496 e. The van der Waals surface area contributed by atoms with Crippen LogP contribution in [0.3, 0.4) is 0 Å². The standard InChI is InChI=1S/C23H31NO3/c1-7-20(17-8-13-21(26-6)16(2)14-17)24-22(25)15-27-19-11-9-18(10-12-19)23(3,4)5/h8-14,20H,7,15H2,1-6H3,(H,24,25)/t20-/m0/s1. The van der Waals surface area contributed by atoms with Gasteiger partial charge in [-0.05, 0) is 53.6 Å². The number of benzene rings is 2. The van der Waals surface area contributed by atoms with Gasteiger partial charge in [-0.15, -0.1) is 0 Å². The van der Waals surface area contributed by atoms with Gasteiger partial charge in [-0.2, -0.15) is 0 Å². The van der Waals surface area contributed by atoms with Crippen molar-refractivity contribution in [3.05, 3.63) is 59.2 Å². The number of amides is 1. The van der Waals surface area contributed by atoms with Crippen molar-refractivity contribution in [3.8, 4) is 11.5 Å². The maximum absolute atomic E-state index is 12.3. The van der Waals surface area contributed by atoms with Crippen LogP contribution in [-0.2, 0) is 10.2 Å². The third-order valence-electron chi connectivity index (χ3n) is 4.66. The molecule has 4 nitrogen and oxygen atoms in total. The second-order valence-electron chi connectivity index (χ2n) is 7.82. The van der Waals surface area contributed by atoms with Gasteiger partial charge >= 0.3 is 0 Å². The molecular formula is C23H31NO3. The van der Waals surface area contributed by atoms with Crippen molar-refractivity contribution in [2.75, 3.05) is 13.7 Å². The minimum absolute atomic E-state index is 0.000497. The fourth-order valence-corrected chi connectivity index (χ4v) is 2.98. The molecule has 0 aliphatic carbocycles. The molecule has 27 heavy (non-hydrogen) atoms. The topological polar surface area (TPSA) is 47.6 Å². The average Bonchev–Trinajstić information content (AvgIpc) is 2.64. The van der Waals surface area contributed by atoms with Crippen LogP contribution in [0, 0.1) is 6.92 Å². The van der Waals surface area contributed by atoms with E-state index in [-0.39, 0.29) is 24.0 Å². The van der Waals surface area contributed by atoms with E-state index in [1.807, 2.05) is 43.3 Å². The zero-order valence-electron chi connectivity index (χ0n) is 17.3. The van der Waals surface area contributed by atoms with E-state index in [9.17, 15) is 4.79 Å². The molecule has 0 spiro atoms. The first-order chi connectivity index (χ1) is 12.7. The summed E-state index contributed by atoms with van der Waals surface area (Å²) in [5, 5.41) is 3.05. The van der Waals surface area contributed by atoms with Gasteiger partial charge in [-0.25, -0.2) is 0 Å². The monoisotopic (exact) mass is 369 g/mol. The van der Waals surface area contributed by atoms with Crippen LogP contribution in [0.15, 0.2) is 42.5 Å². The summed E-state index contributed by atoms with van der Waals surface area (Å²) in [5.74, 6) is 1.42. The van der Waals surface area contributed by atoms with E-state index in [0.29, 0.717) is 5.75 Å². The fourth-order valence-electron chi connectivity index (χ4n) is 2.98. The molecule has 0 heterocycles. The molecule has 0 aliphatic heterocycles. The third kappa shape index (κ3) is 5.75. The number of hydrogen-bond donors (Lipinski definition) is 1. The van der Waals surface area contributed by atoms with Crippen LogP contribution in [0.25, 0.3) is 0 Å². The van der Waals surface area contributed by atoms with Gasteiger partial charge in [0.15, 0.2) is 6.61 Å². The van der Waals surface area contributed by atoms with Crippen molar-refractivity contribution >= 4 is 5.91 Å². The molecule has 0 saturated carbocycles. The maximum Gasteiger partial charge on any atom is 0.258 e. The summed E-state index contributed by atoms with van der Waals surface area (Å²) in [7, 11) is 1.66. The fraction of sp³-hybridized carbons (Fsp3) is 0.435. The lowest BCUT2D eigenvalue weighted by atomic mass is 9.87. The van der Waals surface area contributed by atoms with Crippen molar-refractivity contribution in [1.29, 1.82) is 0 Å². The van der Waals surface area contributed by atoms with Gasteiger partial charge in [-0.1, -0.05) is 52.0 Å². The maximum atomic E-state index is 12.3. The number of carbonyl (C=O) groups is 1. The molecule has 2 aromatic carbocycles. The SMILES string of the molecule is CC[C@H](NC(=O)COc1ccc(C(C)(C)C)cc1)c1ccc(OC)c(C)c1. The zero-order chi connectivity index (χ0) is 20.0. The Balaban J connectivity index is 1.94. The predicted octanol–water partition coefficient (Wildman–Crippen LogP) is 4.95. The molecule has 0 saturated heterocycles. The van der Waals surface area contributed by atoms with E-state index < -0.39 is 0 Å². The lowest BCUT2D eigenvalue weighted by Gasteiger charge is -2.20. The number of nitrogens with one attached hydrogen (secondary N) is 1. The van der Waals surface area contributed by atoms with Crippen LogP contribution >= 0.6 is 0 Å². The van der Waals surface area contributed by atoms with Crippen LogP contribution in [0.2, 0.25) is 0 Å². The quantitative estimate of drug-likeness (QED) is 0.751. The molecule has 2 aromatic rings. The largest absolute Gasteiger partial charge is 0.496 e. The van der Waals surface area contributed by atoms with E-state index in [0.717, 1.165) is 23.3 Å². The van der Waals surface area contributed by atoms with Crippen LogP contribution < -0.4 is 14.8 Å². The lowest BCUT2D eigenvalue weighted by Crippen LogP contribution is -2.32. The third-order valence-corrected chi connectivity index (χ3v) is 4.66. The summed E-state index contributed by atoms with van der Waals surface area (Å²) >= 11 is 0. The highest BCUT2D eigenvalue weighted by Gasteiger charge is 2.15.